The Kier molecular flexibility index (Phi) is 6.82. The molecule has 3 heterocycles. The number of aryl methyl sites for hydroxylation is 1. The Bertz CT molecular complexity index is 664. The van der Waals surface area contributed by atoms with Crippen molar-refractivity contribution in [3.63, 3.8) is 0 Å². The fourth-order valence-corrected chi connectivity index (χ4v) is 3.35. The van der Waals surface area contributed by atoms with Crippen LogP contribution in [0.1, 0.15) is 24.8 Å². The third kappa shape index (κ3) is 5.67. The van der Waals surface area contributed by atoms with Gasteiger partial charge in [0.2, 0.25) is 5.91 Å². The molecular weight excluding hydrogens is 369 g/mol. The quantitative estimate of drug-likeness (QED) is 0.794. The van der Waals surface area contributed by atoms with Gasteiger partial charge >= 0.3 is 12.1 Å². The Morgan fingerprint density at radius 1 is 1.37 bits per heavy atom. The SMILES string of the molecule is CNC(=O)[C@H]1CC[C@@H]2[C@@H](CCN2Cc2cnn(C)c2)O1.O=C(O)C(F)(F)F. The summed E-state index contributed by atoms with van der Waals surface area (Å²) in [5.74, 6) is -2.75. The third-order valence-electron chi connectivity index (χ3n) is 4.59. The Balaban J connectivity index is 0.000000321. The van der Waals surface area contributed by atoms with Crippen LogP contribution in [0.4, 0.5) is 13.2 Å². The van der Waals surface area contributed by atoms with Crippen molar-refractivity contribution in [2.75, 3.05) is 13.6 Å². The maximum absolute atomic E-state index is 11.7. The third-order valence-corrected chi connectivity index (χ3v) is 4.59. The van der Waals surface area contributed by atoms with Gasteiger partial charge in [-0.05, 0) is 19.3 Å². The molecule has 0 bridgehead atoms. The number of hydrogen-bond donors (Lipinski definition) is 2. The van der Waals surface area contributed by atoms with Gasteiger partial charge in [0.15, 0.2) is 0 Å². The highest BCUT2D eigenvalue weighted by molar-refractivity contribution is 5.80. The smallest absolute Gasteiger partial charge is 0.475 e. The number of likely N-dealkylation sites (N-methyl/N-ethyl adjacent to an activating group) is 1. The highest BCUT2D eigenvalue weighted by Gasteiger charge is 2.41. The monoisotopic (exact) mass is 392 g/mol. The van der Waals surface area contributed by atoms with E-state index in [0.29, 0.717) is 6.04 Å². The van der Waals surface area contributed by atoms with E-state index in [4.69, 9.17) is 14.6 Å². The molecule has 3 atom stereocenters. The molecule has 2 saturated heterocycles. The predicted octanol–water partition coefficient (Wildman–Crippen LogP) is 0.921. The lowest BCUT2D eigenvalue weighted by Gasteiger charge is -2.35. The highest BCUT2D eigenvalue weighted by Crippen LogP contribution is 2.32. The van der Waals surface area contributed by atoms with E-state index in [1.165, 1.54) is 5.56 Å². The summed E-state index contributed by atoms with van der Waals surface area (Å²) in [6, 6.07) is 0.441. The molecule has 0 aliphatic carbocycles. The van der Waals surface area contributed by atoms with E-state index in [2.05, 4.69) is 21.5 Å². The van der Waals surface area contributed by atoms with E-state index in [-0.39, 0.29) is 18.1 Å². The lowest BCUT2D eigenvalue weighted by molar-refractivity contribution is -0.192. The molecule has 0 aromatic carbocycles. The number of ether oxygens (including phenoxy) is 1. The average Bonchev–Trinajstić information content (AvgIpc) is 3.20. The van der Waals surface area contributed by atoms with Crippen LogP contribution in [0.2, 0.25) is 0 Å². The fraction of sp³-hybridized carbons (Fsp3) is 0.688. The standard InChI is InChI=1S/C14H22N4O2.C2HF3O2/c1-15-14(19)13-4-3-11-12(20-13)5-6-18(11)9-10-7-16-17(2)8-10;3-2(4,5)1(6)7/h7-8,11-13H,3-6,9H2,1-2H3,(H,15,19);(H,6,7)/t11-,12-,13-;/m1./s1. The molecule has 0 saturated carbocycles. The Hall–Kier alpha value is -2.14. The van der Waals surface area contributed by atoms with E-state index >= 15 is 0 Å². The summed E-state index contributed by atoms with van der Waals surface area (Å²) in [5.41, 5.74) is 1.24. The summed E-state index contributed by atoms with van der Waals surface area (Å²) in [7, 11) is 3.61. The van der Waals surface area contributed by atoms with Crippen LogP contribution < -0.4 is 5.32 Å². The molecule has 2 N–H and O–H groups in total. The first kappa shape index (κ1) is 21.2. The van der Waals surface area contributed by atoms with Gasteiger partial charge in [-0.2, -0.15) is 18.3 Å². The number of hydrogen-bond acceptors (Lipinski definition) is 5. The summed E-state index contributed by atoms with van der Waals surface area (Å²) in [6.45, 7) is 1.95. The minimum absolute atomic E-state index is 0.00848. The number of rotatable bonds is 3. The van der Waals surface area contributed by atoms with Crippen LogP contribution in [-0.2, 0) is 27.9 Å². The number of halogens is 3. The first-order valence-electron chi connectivity index (χ1n) is 8.50. The highest BCUT2D eigenvalue weighted by atomic mass is 19.4. The number of nitrogens with zero attached hydrogens (tertiary/aromatic N) is 3. The van der Waals surface area contributed by atoms with Crippen LogP contribution in [0.5, 0.6) is 0 Å². The van der Waals surface area contributed by atoms with Crippen LogP contribution in [0.25, 0.3) is 0 Å². The van der Waals surface area contributed by atoms with Crippen LogP contribution in [0.3, 0.4) is 0 Å². The lowest BCUT2D eigenvalue weighted by Crippen LogP contribution is -2.47. The number of carboxylic acid groups (broad SMARTS) is 1. The van der Waals surface area contributed by atoms with E-state index in [9.17, 15) is 18.0 Å². The molecule has 3 rings (SSSR count). The van der Waals surface area contributed by atoms with Gasteiger partial charge < -0.3 is 15.2 Å². The van der Waals surface area contributed by atoms with Crippen LogP contribution in [0, 0.1) is 0 Å². The number of likely N-dealkylation sites (tertiary alicyclic amines) is 1. The van der Waals surface area contributed by atoms with Gasteiger partial charge in [0.1, 0.15) is 6.10 Å². The molecule has 2 aliphatic heterocycles. The van der Waals surface area contributed by atoms with E-state index in [1.807, 2.05) is 17.9 Å². The summed E-state index contributed by atoms with van der Waals surface area (Å²) >= 11 is 0. The Labute approximate surface area is 154 Å². The van der Waals surface area contributed by atoms with Gasteiger partial charge in [-0.3, -0.25) is 14.4 Å². The summed E-state index contributed by atoms with van der Waals surface area (Å²) in [6.07, 6.45) is 1.68. The minimum atomic E-state index is -5.08. The van der Waals surface area contributed by atoms with Crippen LogP contribution in [-0.4, -0.2) is 69.7 Å². The Morgan fingerprint density at radius 3 is 2.56 bits per heavy atom. The molecule has 27 heavy (non-hydrogen) atoms. The lowest BCUT2D eigenvalue weighted by atomic mass is 9.98. The number of fused-ring (bicyclic) bond motifs is 1. The zero-order valence-corrected chi connectivity index (χ0v) is 15.1. The van der Waals surface area contributed by atoms with Crippen molar-refractivity contribution in [1.29, 1.82) is 0 Å². The molecule has 0 unspecified atom stereocenters. The van der Waals surface area contributed by atoms with E-state index in [1.54, 1.807) is 7.05 Å². The molecule has 1 aromatic heterocycles. The van der Waals surface area contributed by atoms with Crippen LogP contribution in [0.15, 0.2) is 12.4 Å². The molecule has 152 valence electrons. The normalized spacial score (nSPS) is 25.3. The van der Waals surface area contributed by atoms with Gasteiger partial charge in [0.25, 0.3) is 0 Å². The summed E-state index contributed by atoms with van der Waals surface area (Å²) in [5, 5.41) is 14.0. The largest absolute Gasteiger partial charge is 0.490 e. The number of nitrogens with one attached hydrogen (secondary N) is 1. The molecule has 11 heteroatoms. The van der Waals surface area contributed by atoms with Crippen molar-refractivity contribution in [1.82, 2.24) is 20.0 Å². The van der Waals surface area contributed by atoms with Crippen molar-refractivity contribution in [3.05, 3.63) is 18.0 Å². The van der Waals surface area contributed by atoms with E-state index in [0.717, 1.165) is 32.4 Å². The second-order valence-corrected chi connectivity index (χ2v) is 6.51. The number of aliphatic carboxylic acids is 1. The molecule has 0 spiro atoms. The zero-order chi connectivity index (χ0) is 20.2. The molecule has 1 aromatic rings. The van der Waals surface area contributed by atoms with Crippen molar-refractivity contribution in [2.45, 2.75) is 50.2 Å². The second kappa shape index (κ2) is 8.70. The topological polar surface area (TPSA) is 96.7 Å². The number of alkyl halides is 3. The first-order chi connectivity index (χ1) is 12.6. The summed E-state index contributed by atoms with van der Waals surface area (Å²) < 4.78 is 39.5. The Morgan fingerprint density at radius 2 is 2.04 bits per heavy atom. The maximum Gasteiger partial charge on any atom is 0.490 e. The van der Waals surface area contributed by atoms with E-state index < -0.39 is 12.1 Å². The van der Waals surface area contributed by atoms with Gasteiger partial charge in [0, 0.05) is 45.0 Å². The molecular formula is C16H23F3N4O4. The first-order valence-corrected chi connectivity index (χ1v) is 8.50. The van der Waals surface area contributed by atoms with Crippen LogP contribution >= 0.6 is 0 Å². The fourth-order valence-electron chi connectivity index (χ4n) is 3.35. The number of carbonyl (C=O) groups is 2. The van der Waals surface area contributed by atoms with Gasteiger partial charge in [-0.1, -0.05) is 0 Å². The number of aromatic nitrogens is 2. The van der Waals surface area contributed by atoms with Gasteiger partial charge in [0.05, 0.1) is 12.3 Å². The molecule has 0 radical (unpaired) electrons. The van der Waals surface area contributed by atoms with Gasteiger partial charge in [-0.15, -0.1) is 0 Å². The number of carbonyl (C=O) groups excluding carboxylic acids is 1. The van der Waals surface area contributed by atoms with Crippen molar-refractivity contribution >= 4 is 11.9 Å². The summed E-state index contributed by atoms with van der Waals surface area (Å²) in [4.78, 5) is 23.0. The minimum Gasteiger partial charge on any atom is -0.475 e. The predicted molar refractivity (Wildman–Crippen MR) is 87.7 cm³/mol. The van der Waals surface area contributed by atoms with Crippen molar-refractivity contribution in [2.24, 2.45) is 7.05 Å². The maximum atomic E-state index is 11.7. The molecule has 1 amide bonds. The zero-order valence-electron chi connectivity index (χ0n) is 15.1. The second-order valence-electron chi connectivity index (χ2n) is 6.51. The number of carboxylic acids is 1. The molecule has 8 nitrogen and oxygen atoms in total. The van der Waals surface area contributed by atoms with Crippen molar-refractivity contribution < 1.29 is 32.6 Å². The number of amides is 1. The van der Waals surface area contributed by atoms with Crippen molar-refractivity contribution in [3.8, 4) is 0 Å². The molecule has 2 aliphatic rings. The average molecular weight is 392 g/mol. The van der Waals surface area contributed by atoms with Gasteiger partial charge in [-0.25, -0.2) is 4.79 Å². The molecule has 2 fully saturated rings.